The van der Waals surface area contributed by atoms with E-state index in [2.05, 4.69) is 235 Å². The standard InChI is InChI=1S/C45H44N4O.C37H29N4O.C7H14.C5H10.4CH3.2Os.2Pt/c1-28(2)39-25-34(33-22-30(5)31(6)23-33)26-40(29(3)4)44(39)48-21-20-47-45(48)32-12-11-13-35(24-32)50-36-17-18-38-37-14-7-8-15-41(37)49(42(38)27-36)43-16-9-10-19-46-43;1-2-9-27(8-1)28-15-17-29(18-16-28)39-22-23-40(26-39)30-10-7-11-31(24-30)42-32-19-20-34-33-12-3-4-13-35(33)41(36(34)25-32)37-14-5-6-21-38-37;1-6-4-3-5-7(6)2;1-2-4-5-3-1;;;;;;;;/h7-21,25-26,28-31,33H,22-23H2,1-6H3;3-7,10-23,26-27H,1-2,8-9H2;6-7H,3-5H2,1-2H3;1-5H2;4*1H3;;;;/q-2;-3;;;4*-1;2*+2;;+2. The van der Waals surface area contributed by atoms with Gasteiger partial charge in [0.05, 0.1) is 5.82 Å². The number of ether oxygens (including phenoxy) is 2. The van der Waals surface area contributed by atoms with E-state index in [1.807, 2.05) is 104 Å². The molecule has 0 saturated heterocycles. The summed E-state index contributed by atoms with van der Waals surface area (Å²) in [6.07, 6.45) is 31.5. The van der Waals surface area contributed by atoms with Crippen LogP contribution in [-0.2, 0) is 81.7 Å². The van der Waals surface area contributed by atoms with Gasteiger partial charge in [-0.2, -0.15) is 18.2 Å². The Morgan fingerprint density at radius 1 is 0.429 bits per heavy atom. The summed E-state index contributed by atoms with van der Waals surface area (Å²) in [7, 11) is 0. The summed E-state index contributed by atoms with van der Waals surface area (Å²) in [5.41, 5.74) is 13.9. The van der Waals surface area contributed by atoms with E-state index >= 15 is 0 Å². The summed E-state index contributed by atoms with van der Waals surface area (Å²) in [6, 6.07) is 76.8. The average Bonchev–Trinajstić information content (AvgIpc) is 1.59. The van der Waals surface area contributed by atoms with Crippen LogP contribution in [0.2, 0.25) is 0 Å². The Morgan fingerprint density at radius 3 is 1.40 bits per heavy atom. The van der Waals surface area contributed by atoms with Crippen molar-refractivity contribution < 1.29 is 91.2 Å². The first-order chi connectivity index (χ1) is 50.9. The number of anilines is 2. The van der Waals surface area contributed by atoms with Crippen molar-refractivity contribution in [3.63, 3.8) is 0 Å². The Kier molecular flexibility index (Phi) is 34.5. The first kappa shape index (κ1) is 91.6. The van der Waals surface area contributed by atoms with Crippen molar-refractivity contribution in [2.24, 2.45) is 23.7 Å². The van der Waals surface area contributed by atoms with Gasteiger partial charge in [-0.05, 0) is 167 Å². The molecule has 0 bridgehead atoms. The minimum absolute atomic E-state index is 0. The van der Waals surface area contributed by atoms with Crippen LogP contribution in [0.1, 0.15) is 191 Å². The molecule has 4 aliphatic carbocycles. The van der Waals surface area contributed by atoms with E-state index in [-0.39, 0.29) is 111 Å². The van der Waals surface area contributed by atoms with Crippen molar-refractivity contribution in [3.05, 3.63) is 302 Å². The molecular formula is C98H109N8O2Os2Pt2-3. The number of nitrogens with zero attached hydrogens (tertiary/aromatic N) is 8. The molecule has 4 unspecified atom stereocenters. The molecule has 0 amide bonds. The second kappa shape index (κ2) is 42.2. The van der Waals surface area contributed by atoms with Gasteiger partial charge >= 0.3 is 60.6 Å². The van der Waals surface area contributed by atoms with Gasteiger partial charge in [-0.25, -0.2) is 9.97 Å². The molecule has 5 aromatic heterocycles. The van der Waals surface area contributed by atoms with Crippen LogP contribution in [0, 0.1) is 84.3 Å². The second-order valence-corrected chi connectivity index (χ2v) is 30.3. The molecule has 4 fully saturated rings. The van der Waals surface area contributed by atoms with Crippen LogP contribution in [-0.4, -0.2) is 28.7 Å². The van der Waals surface area contributed by atoms with Crippen LogP contribution in [0.4, 0.5) is 11.4 Å². The normalized spacial score (nSPS) is 17.4. The third-order valence-corrected chi connectivity index (χ3v) is 22.6. The molecule has 18 rings (SSSR count). The zero-order valence-corrected chi connectivity index (χ0v) is 76.7. The summed E-state index contributed by atoms with van der Waals surface area (Å²) in [5, 5.41) is 4.51. The van der Waals surface area contributed by atoms with Crippen LogP contribution in [0.25, 0.3) is 72.3 Å². The Balaban J connectivity index is 0.000000256. The molecule has 5 aliphatic rings. The summed E-state index contributed by atoms with van der Waals surface area (Å²) in [4.78, 5) is 18.4. The monoisotopic (exact) mass is 2200 g/mol. The van der Waals surface area contributed by atoms with Crippen LogP contribution in [0.5, 0.6) is 23.0 Å². The quantitative estimate of drug-likeness (QED) is 0.100. The van der Waals surface area contributed by atoms with Crippen molar-refractivity contribution in [1.29, 1.82) is 0 Å². The fraction of sp³-hybridized carbons (Fsp3) is 0.306. The van der Waals surface area contributed by atoms with E-state index in [0.717, 1.165) is 108 Å². The van der Waals surface area contributed by atoms with Gasteiger partial charge < -0.3 is 62.7 Å². The Bertz CT molecular complexity index is 5070. The van der Waals surface area contributed by atoms with Gasteiger partial charge in [0.1, 0.15) is 11.6 Å². The molecule has 8 aromatic carbocycles. The first-order valence-corrected chi connectivity index (χ1v) is 38.4. The Hall–Kier alpha value is -7.54. The van der Waals surface area contributed by atoms with E-state index in [4.69, 9.17) is 14.5 Å². The molecule has 4 saturated carbocycles. The van der Waals surface area contributed by atoms with Crippen LogP contribution in [0.3, 0.4) is 0 Å². The van der Waals surface area contributed by atoms with Gasteiger partial charge in [-0.3, -0.25) is 4.98 Å². The first-order valence-electron chi connectivity index (χ1n) is 38.4. The molecule has 4 atom stereocenters. The van der Waals surface area contributed by atoms with E-state index in [1.54, 1.807) is 0 Å². The van der Waals surface area contributed by atoms with Gasteiger partial charge in [0.15, 0.2) is 0 Å². The molecule has 13 aromatic rings. The summed E-state index contributed by atoms with van der Waals surface area (Å²) in [5.74, 6) is 10.6. The minimum Gasteiger partial charge on any atom is -0.509 e. The Morgan fingerprint density at radius 2 is 0.911 bits per heavy atom. The molecule has 112 heavy (non-hydrogen) atoms. The number of hydrogen-bond donors (Lipinski definition) is 0. The van der Waals surface area contributed by atoms with Gasteiger partial charge in [-0.1, -0.05) is 209 Å². The smallest absolute Gasteiger partial charge is 0.509 e. The van der Waals surface area contributed by atoms with Crippen molar-refractivity contribution >= 4 is 55.0 Å². The fourth-order valence-corrected chi connectivity index (χ4v) is 16.4. The van der Waals surface area contributed by atoms with Crippen molar-refractivity contribution in [3.8, 4) is 51.7 Å². The largest absolute Gasteiger partial charge is 2.00 e. The average molecular weight is 2200 g/mol. The van der Waals surface area contributed by atoms with Crippen LogP contribution >= 0.6 is 0 Å². The predicted octanol–water partition coefficient (Wildman–Crippen LogP) is 27.2. The van der Waals surface area contributed by atoms with E-state index in [9.17, 15) is 0 Å². The summed E-state index contributed by atoms with van der Waals surface area (Å²) in [6.45, 7) is 20.9. The third kappa shape index (κ3) is 20.4. The number of aromatic nitrogens is 6. The minimum atomic E-state index is 0. The van der Waals surface area contributed by atoms with Crippen molar-refractivity contribution in [1.82, 2.24) is 28.7 Å². The predicted molar refractivity (Wildman–Crippen MR) is 454 cm³/mol. The number of imidazole rings is 1. The number of hydrogen-bond acceptors (Lipinski definition) is 7. The van der Waals surface area contributed by atoms with Gasteiger partial charge in [0, 0.05) is 91.3 Å². The van der Waals surface area contributed by atoms with Crippen LogP contribution in [0.15, 0.2) is 219 Å². The molecule has 1 aliphatic heterocycles. The third-order valence-electron chi connectivity index (χ3n) is 22.6. The van der Waals surface area contributed by atoms with Crippen molar-refractivity contribution in [2.75, 3.05) is 9.80 Å². The topological polar surface area (TPSA) is 78.4 Å². The second-order valence-electron chi connectivity index (χ2n) is 30.3. The molecular weight excluding hydrogens is 2090 g/mol. The van der Waals surface area contributed by atoms with E-state index in [0.29, 0.717) is 40.8 Å². The maximum atomic E-state index is 6.49. The molecule has 14 heteroatoms. The number of para-hydroxylation sites is 2. The molecule has 0 spiro atoms. The maximum absolute atomic E-state index is 6.49. The molecule has 6 heterocycles. The van der Waals surface area contributed by atoms with Gasteiger partial charge in [0.25, 0.3) is 0 Å². The molecule has 10 nitrogen and oxygen atoms in total. The number of benzene rings is 8. The maximum Gasteiger partial charge on any atom is 2.00 e. The zero-order chi connectivity index (χ0) is 71.2. The molecule has 0 radical (unpaired) electrons. The summed E-state index contributed by atoms with van der Waals surface area (Å²) >= 11 is 0. The van der Waals surface area contributed by atoms with E-state index in [1.165, 1.54) is 118 Å². The molecule has 592 valence electrons. The zero-order valence-electron chi connectivity index (χ0n) is 67.1. The number of pyridine rings is 2. The number of fused-ring (bicyclic) bond motifs is 6. The Labute approximate surface area is 724 Å². The van der Waals surface area contributed by atoms with Crippen LogP contribution < -0.4 is 19.3 Å². The number of rotatable bonds is 14. The summed E-state index contributed by atoms with van der Waals surface area (Å²) < 4.78 is 19.4. The van der Waals surface area contributed by atoms with Gasteiger partial charge in [-0.15, -0.1) is 89.4 Å². The molecule has 0 N–H and O–H groups in total. The van der Waals surface area contributed by atoms with E-state index < -0.39 is 0 Å². The fourth-order valence-electron chi connectivity index (χ4n) is 16.4. The SMILES string of the molecule is C1CCCC1.CC(C)c1cc(C2CC(C)C(C)C2)cc(C(C)C)c1-n1ccnc1-c1[c-]c(Oc2[c-]c3c(cc2)c2ccccc2n3-c2ccccn2)ccc1.CC1CCCC1C.[CH3-].[CH3-].[CH3-].[CH3-].[Os+2].[Os+2].[Pt+2].[Pt].[c-]1c(Oc2[c-]c3c(cc2)c2ccccc2n3-c2ccccn2)cccc1N1C=CN(c2ccc(C3CCCC3)cc2)[CH-]1. The van der Waals surface area contributed by atoms with Crippen molar-refractivity contribution in [2.45, 2.75) is 169 Å². The van der Waals surface area contributed by atoms with Gasteiger partial charge in [0.2, 0.25) is 0 Å².